The lowest BCUT2D eigenvalue weighted by Crippen LogP contribution is -2.46. The fourth-order valence-electron chi connectivity index (χ4n) is 6.66. The number of carbonyl (C=O) groups is 4. The Morgan fingerprint density at radius 3 is 2.26 bits per heavy atom. The average molecular weight is 695 g/mol. The highest BCUT2D eigenvalue weighted by molar-refractivity contribution is 6.31. The van der Waals surface area contributed by atoms with Gasteiger partial charge in [-0.3, -0.25) is 19.2 Å². The number of Topliss-reactive ketones (excluding diaryl/α,β-unsaturated/α-hetero) is 2. The molecule has 1 amide bonds. The number of hydrogen-bond donors (Lipinski definition) is 5. The van der Waals surface area contributed by atoms with Crippen molar-refractivity contribution in [2.45, 2.75) is 85.6 Å². The van der Waals surface area contributed by atoms with Crippen molar-refractivity contribution in [1.82, 2.24) is 5.32 Å². The number of methoxy groups -OCH3 is 1. The van der Waals surface area contributed by atoms with Crippen molar-refractivity contribution < 1.29 is 53.4 Å². The van der Waals surface area contributed by atoms with Crippen LogP contribution >= 0.6 is 0 Å². The first-order valence-electron chi connectivity index (χ1n) is 16.4. The van der Waals surface area contributed by atoms with E-state index in [1.54, 1.807) is 39.8 Å². The van der Waals surface area contributed by atoms with Gasteiger partial charge in [0.25, 0.3) is 11.7 Å². The van der Waals surface area contributed by atoms with Crippen molar-refractivity contribution in [3.63, 3.8) is 0 Å². The number of ether oxygens (including phenoxy) is 4. The molecule has 1 aromatic carbocycles. The minimum Gasteiger partial charge on any atom is -0.507 e. The SMILES string of the molecule is CO[C@H]1/C=C/O[C@@]2(C)Oc3c(C)c(O)c4c(c3C2=O)C(=N)C=C(NC(=O)/C(C)=C\C=C\[C@H](C)[C@H](O)[C@@H](C)[C@@H](O)[C@@H](C)[C@H](OC(C)=O)[C@@H]1C)C4=O. The Morgan fingerprint density at radius 2 is 1.64 bits per heavy atom. The fourth-order valence-corrected chi connectivity index (χ4v) is 6.66. The summed E-state index contributed by atoms with van der Waals surface area (Å²) >= 11 is 0. The number of aliphatic hydroxyl groups is 2. The van der Waals surface area contributed by atoms with Gasteiger partial charge in [-0.1, -0.05) is 45.9 Å². The van der Waals surface area contributed by atoms with Crippen LogP contribution in [0.3, 0.4) is 0 Å². The van der Waals surface area contributed by atoms with Gasteiger partial charge in [0.2, 0.25) is 5.78 Å². The molecule has 9 atom stereocenters. The van der Waals surface area contributed by atoms with E-state index in [-0.39, 0.29) is 45.0 Å². The number of aliphatic hydroxyl groups excluding tert-OH is 2. The molecule has 0 radical (unpaired) electrons. The second-order valence-electron chi connectivity index (χ2n) is 13.4. The lowest BCUT2D eigenvalue weighted by Gasteiger charge is -2.38. The van der Waals surface area contributed by atoms with E-state index in [1.807, 2.05) is 0 Å². The Labute approximate surface area is 291 Å². The molecule has 0 saturated heterocycles. The first-order valence-corrected chi connectivity index (χ1v) is 16.4. The zero-order chi connectivity index (χ0) is 37.4. The fraction of sp³-hybridized carbons (Fsp3) is 0.486. The summed E-state index contributed by atoms with van der Waals surface area (Å²) in [5, 5.41) is 45.0. The minimum atomic E-state index is -1.97. The number of amides is 1. The number of carbonyl (C=O) groups excluding carboxylic acids is 4. The van der Waals surface area contributed by atoms with E-state index in [0.29, 0.717) is 0 Å². The molecule has 3 heterocycles. The third kappa shape index (κ3) is 7.03. The van der Waals surface area contributed by atoms with Crippen LogP contribution in [0.1, 0.15) is 80.3 Å². The molecule has 0 spiro atoms. The Morgan fingerprint density at radius 1 is 0.980 bits per heavy atom. The predicted molar refractivity (Wildman–Crippen MR) is 182 cm³/mol. The third-order valence-corrected chi connectivity index (χ3v) is 9.84. The number of benzene rings is 1. The molecule has 4 aliphatic rings. The van der Waals surface area contributed by atoms with Crippen LogP contribution in [0.4, 0.5) is 0 Å². The number of fused-ring (bicyclic) bond motifs is 14. The number of hydrogen-bond acceptors (Lipinski definition) is 12. The highest BCUT2D eigenvalue weighted by atomic mass is 16.7. The van der Waals surface area contributed by atoms with Crippen LogP contribution in [-0.2, 0) is 23.8 Å². The van der Waals surface area contributed by atoms with Crippen LogP contribution in [0.2, 0.25) is 0 Å². The van der Waals surface area contributed by atoms with Gasteiger partial charge >= 0.3 is 11.8 Å². The van der Waals surface area contributed by atoms with Gasteiger partial charge in [0.05, 0.1) is 47.1 Å². The molecule has 0 unspecified atom stereocenters. The van der Waals surface area contributed by atoms with Gasteiger partial charge in [0.15, 0.2) is 0 Å². The first kappa shape index (κ1) is 38.2. The molecule has 270 valence electrons. The summed E-state index contributed by atoms with van der Waals surface area (Å²) in [6.07, 6.45) is 4.73. The third-order valence-electron chi connectivity index (χ3n) is 9.84. The number of ketones is 2. The van der Waals surface area contributed by atoms with E-state index < -0.39 is 83.1 Å². The smallest absolute Gasteiger partial charge is 0.312 e. The van der Waals surface area contributed by atoms with Crippen molar-refractivity contribution in [2.75, 3.05) is 7.11 Å². The van der Waals surface area contributed by atoms with Crippen LogP contribution in [0.5, 0.6) is 11.5 Å². The number of aromatic hydroxyl groups is 1. The quantitative estimate of drug-likeness (QED) is 0.282. The highest BCUT2D eigenvalue weighted by Crippen LogP contribution is 2.47. The van der Waals surface area contributed by atoms with Gasteiger partial charge in [-0.2, -0.15) is 0 Å². The molecule has 5 N–H and O–H groups in total. The molecule has 13 nitrogen and oxygen atoms in total. The number of nitrogens with one attached hydrogen (secondary N) is 2. The first-order chi connectivity index (χ1) is 23.4. The maximum Gasteiger partial charge on any atom is 0.312 e. The monoisotopic (exact) mass is 694 g/mol. The maximum atomic E-state index is 13.9. The van der Waals surface area contributed by atoms with Crippen LogP contribution in [-0.4, -0.2) is 81.8 Å². The van der Waals surface area contributed by atoms with E-state index in [4.69, 9.17) is 24.4 Å². The summed E-state index contributed by atoms with van der Waals surface area (Å²) in [5.74, 6) is -7.68. The molecule has 13 heteroatoms. The van der Waals surface area contributed by atoms with E-state index >= 15 is 0 Å². The van der Waals surface area contributed by atoms with Crippen molar-refractivity contribution >= 4 is 29.2 Å². The lowest BCUT2D eigenvalue weighted by molar-refractivity contribution is -0.160. The van der Waals surface area contributed by atoms with Gasteiger partial charge in [-0.15, -0.1) is 0 Å². The van der Waals surface area contributed by atoms with Crippen LogP contribution in [0, 0.1) is 36.0 Å². The average Bonchev–Trinajstić information content (AvgIpc) is 3.33. The predicted octanol–water partition coefficient (Wildman–Crippen LogP) is 3.82. The Balaban J connectivity index is 1.83. The molecule has 0 saturated carbocycles. The van der Waals surface area contributed by atoms with Crippen molar-refractivity contribution in [1.29, 1.82) is 5.41 Å². The molecule has 0 aromatic heterocycles. The largest absolute Gasteiger partial charge is 0.507 e. The summed E-state index contributed by atoms with van der Waals surface area (Å²) < 4.78 is 23.2. The van der Waals surface area contributed by atoms with Crippen LogP contribution in [0.25, 0.3) is 0 Å². The molecule has 1 aromatic rings. The van der Waals surface area contributed by atoms with E-state index in [2.05, 4.69) is 5.32 Å². The molecular weight excluding hydrogens is 648 g/mol. The van der Waals surface area contributed by atoms with Crippen molar-refractivity contribution in [3.05, 3.63) is 70.2 Å². The molecule has 1 aliphatic carbocycles. The summed E-state index contributed by atoms with van der Waals surface area (Å²) in [6.45, 7) is 12.5. The highest BCUT2D eigenvalue weighted by Gasteiger charge is 2.51. The summed E-state index contributed by atoms with van der Waals surface area (Å²) in [6, 6.07) is 0. The Hall–Kier alpha value is -4.59. The van der Waals surface area contributed by atoms with E-state index in [1.165, 1.54) is 53.2 Å². The van der Waals surface area contributed by atoms with Gasteiger partial charge in [-0.25, -0.2) is 0 Å². The number of allylic oxidation sites excluding steroid dienone is 4. The van der Waals surface area contributed by atoms with Gasteiger partial charge < -0.3 is 45.0 Å². The summed E-state index contributed by atoms with van der Waals surface area (Å²) in [7, 11) is 1.43. The van der Waals surface area contributed by atoms with Gasteiger partial charge in [-0.05, 0) is 26.0 Å². The minimum absolute atomic E-state index is 0.0587. The topological polar surface area (TPSA) is 202 Å². The summed E-state index contributed by atoms with van der Waals surface area (Å²) in [5.41, 5.74) is -0.929. The van der Waals surface area contributed by atoms with Crippen molar-refractivity contribution in [3.8, 4) is 11.5 Å². The number of phenols is 1. The number of rotatable bonds is 2. The van der Waals surface area contributed by atoms with Gasteiger partial charge in [0, 0.05) is 61.3 Å². The zero-order valence-electron chi connectivity index (χ0n) is 29.7. The Kier molecular flexibility index (Phi) is 11.2. The second-order valence-corrected chi connectivity index (χ2v) is 13.4. The van der Waals surface area contributed by atoms with E-state index in [0.717, 1.165) is 6.08 Å². The normalized spacial score (nSPS) is 34.5. The number of phenolic OH excluding ortho intramolecular Hbond substituents is 1. The summed E-state index contributed by atoms with van der Waals surface area (Å²) in [4.78, 5) is 52.9. The van der Waals surface area contributed by atoms with E-state index in [9.17, 15) is 34.5 Å². The van der Waals surface area contributed by atoms with Crippen LogP contribution in [0.15, 0.2) is 47.9 Å². The number of esters is 1. The molecule has 3 aliphatic heterocycles. The molecular formula is C37H46N2O11. The van der Waals surface area contributed by atoms with Crippen molar-refractivity contribution in [2.24, 2.45) is 23.7 Å². The molecule has 5 bridgehead atoms. The van der Waals surface area contributed by atoms with Gasteiger partial charge in [0.1, 0.15) is 17.6 Å². The zero-order valence-corrected chi connectivity index (χ0v) is 29.7. The molecule has 50 heavy (non-hydrogen) atoms. The van der Waals surface area contributed by atoms with Crippen LogP contribution < -0.4 is 10.1 Å². The maximum absolute atomic E-state index is 13.9. The lowest BCUT2D eigenvalue weighted by atomic mass is 9.78. The Bertz CT molecular complexity index is 1720. The standard InChI is InChI=1S/C37H46N2O11/c1-16-11-10-12-17(2)36(46)39-24-15-23(38)26-27(32(24)44)31(43)21(6)34-28(26)35(45)37(8,50-34)48-14-13-25(47-9)18(3)33(49-22(7)40)20(5)30(42)19(4)29(16)41/h10-16,18-20,25,29-30,33,38,41-43H,1-9H3,(H,39,46)/b11-10+,14-13+,17-12-,38-23?/t16-,18+,19+,20+,25-,29-,30+,33+,37-/m0/s1. The molecule has 0 fully saturated rings. The second kappa shape index (κ2) is 14.7. The molecule has 5 rings (SSSR count).